The summed E-state index contributed by atoms with van der Waals surface area (Å²) >= 11 is 0. The molecule has 0 aliphatic carbocycles. The quantitative estimate of drug-likeness (QED) is 0.329. The lowest BCUT2D eigenvalue weighted by Crippen LogP contribution is -2.53. The van der Waals surface area contributed by atoms with E-state index in [0.29, 0.717) is 12.1 Å². The Morgan fingerprint density at radius 3 is 2.15 bits per heavy atom. The van der Waals surface area contributed by atoms with Gasteiger partial charge in [-0.15, -0.1) is 0 Å². The zero-order valence-electron chi connectivity index (χ0n) is 24.3. The first-order valence-corrected chi connectivity index (χ1v) is 15.2. The molecule has 0 radical (unpaired) electrons. The first-order valence-electron chi connectivity index (χ1n) is 13.7. The molecule has 0 unspecified atom stereocenters. The van der Waals surface area contributed by atoms with Crippen LogP contribution in [0.4, 0.5) is 5.69 Å². The predicted molar refractivity (Wildman–Crippen MR) is 161 cm³/mol. The van der Waals surface area contributed by atoms with Gasteiger partial charge in [-0.25, -0.2) is 8.42 Å². The lowest BCUT2D eigenvalue weighted by molar-refractivity contribution is -0.139. The molecule has 0 saturated heterocycles. The highest BCUT2D eigenvalue weighted by Crippen LogP contribution is 2.29. The molecular weight excluding hydrogens is 522 g/mol. The minimum atomic E-state index is -4.09. The average molecular weight is 564 g/mol. The molecule has 0 aliphatic heterocycles. The Kier molecular flexibility index (Phi) is 10.5. The van der Waals surface area contributed by atoms with Crippen molar-refractivity contribution in [3.05, 3.63) is 95.1 Å². The third-order valence-electron chi connectivity index (χ3n) is 7.39. The molecule has 3 rings (SSSR count). The number of anilines is 1. The van der Waals surface area contributed by atoms with Gasteiger partial charge in [0.25, 0.3) is 10.0 Å². The summed E-state index contributed by atoms with van der Waals surface area (Å²) < 4.78 is 29.2. The third-order valence-corrected chi connectivity index (χ3v) is 9.16. The Balaban J connectivity index is 2.01. The van der Waals surface area contributed by atoms with Crippen LogP contribution in [0.3, 0.4) is 0 Å². The van der Waals surface area contributed by atoms with E-state index in [1.165, 1.54) is 9.21 Å². The van der Waals surface area contributed by atoms with E-state index in [2.05, 4.69) is 5.32 Å². The van der Waals surface area contributed by atoms with Gasteiger partial charge in [0.1, 0.15) is 12.6 Å². The highest BCUT2D eigenvalue weighted by atomic mass is 32.2. The van der Waals surface area contributed by atoms with E-state index in [1.54, 1.807) is 43.3 Å². The first kappa shape index (κ1) is 30.9. The third kappa shape index (κ3) is 7.50. The van der Waals surface area contributed by atoms with Crippen molar-refractivity contribution in [2.75, 3.05) is 17.4 Å². The van der Waals surface area contributed by atoms with E-state index >= 15 is 0 Å². The van der Waals surface area contributed by atoms with E-state index in [0.717, 1.165) is 28.7 Å². The topological polar surface area (TPSA) is 86.8 Å². The normalized spacial score (nSPS) is 12.8. The van der Waals surface area contributed by atoms with Crippen LogP contribution in [-0.4, -0.2) is 50.3 Å². The van der Waals surface area contributed by atoms with Crippen LogP contribution < -0.4 is 9.62 Å². The lowest BCUT2D eigenvalue weighted by atomic mass is 10.1. The maximum Gasteiger partial charge on any atom is 0.264 e. The van der Waals surface area contributed by atoms with E-state index in [4.69, 9.17) is 0 Å². The molecule has 3 aromatic rings. The maximum atomic E-state index is 14.0. The molecule has 8 heteroatoms. The molecule has 0 bridgehead atoms. The first-order chi connectivity index (χ1) is 18.9. The zero-order chi connectivity index (χ0) is 29.4. The van der Waals surface area contributed by atoms with Gasteiger partial charge in [-0.3, -0.25) is 13.9 Å². The number of aryl methyl sites for hydroxylation is 2. The molecule has 2 amide bonds. The van der Waals surface area contributed by atoms with Crippen molar-refractivity contribution in [2.45, 2.75) is 71.4 Å². The van der Waals surface area contributed by atoms with E-state index in [-0.39, 0.29) is 23.4 Å². The van der Waals surface area contributed by atoms with Crippen LogP contribution in [0, 0.1) is 20.8 Å². The van der Waals surface area contributed by atoms with Crippen LogP contribution in [0.5, 0.6) is 0 Å². The molecule has 1 N–H and O–H groups in total. The minimum Gasteiger partial charge on any atom is -0.352 e. The lowest BCUT2D eigenvalue weighted by Gasteiger charge is -2.33. The number of nitrogens with zero attached hydrogens (tertiary/aromatic N) is 2. The Labute approximate surface area is 239 Å². The molecule has 0 heterocycles. The smallest absolute Gasteiger partial charge is 0.264 e. The van der Waals surface area contributed by atoms with Crippen LogP contribution in [0.25, 0.3) is 0 Å². The molecule has 0 saturated carbocycles. The molecule has 0 spiro atoms. The molecule has 0 fully saturated rings. The molecule has 214 valence electrons. The molecule has 0 aromatic heterocycles. The fourth-order valence-corrected chi connectivity index (χ4v) is 5.86. The number of amides is 2. The highest BCUT2D eigenvalue weighted by molar-refractivity contribution is 7.92. The number of carbonyl (C=O) groups excluding carboxylic acids is 2. The zero-order valence-corrected chi connectivity index (χ0v) is 25.2. The fraction of sp³-hybridized carbons (Fsp3) is 0.375. The summed E-state index contributed by atoms with van der Waals surface area (Å²) in [5.74, 6) is -0.713. The summed E-state index contributed by atoms with van der Waals surface area (Å²) in [6.45, 7) is 11.1. The monoisotopic (exact) mass is 563 g/mol. The maximum absolute atomic E-state index is 14.0. The summed E-state index contributed by atoms with van der Waals surface area (Å²) in [7, 11) is -4.09. The van der Waals surface area contributed by atoms with Gasteiger partial charge < -0.3 is 10.2 Å². The van der Waals surface area contributed by atoms with E-state index in [9.17, 15) is 18.0 Å². The minimum absolute atomic E-state index is 0.0469. The van der Waals surface area contributed by atoms with Crippen molar-refractivity contribution in [2.24, 2.45) is 0 Å². The average Bonchev–Trinajstić information content (AvgIpc) is 2.94. The van der Waals surface area contributed by atoms with Gasteiger partial charge in [-0.1, -0.05) is 67.1 Å². The number of sulfonamides is 1. The number of nitrogens with one attached hydrogen (secondary N) is 1. The van der Waals surface area contributed by atoms with Crippen molar-refractivity contribution < 1.29 is 18.0 Å². The Morgan fingerprint density at radius 1 is 0.875 bits per heavy atom. The van der Waals surface area contributed by atoms with Gasteiger partial charge >= 0.3 is 0 Å². The Hall–Kier alpha value is -3.65. The summed E-state index contributed by atoms with van der Waals surface area (Å²) in [4.78, 5) is 28.8. The summed E-state index contributed by atoms with van der Waals surface area (Å²) in [6, 6.07) is 20.9. The van der Waals surface area contributed by atoms with Crippen LogP contribution >= 0.6 is 0 Å². The van der Waals surface area contributed by atoms with Gasteiger partial charge in [0, 0.05) is 12.6 Å². The predicted octanol–water partition coefficient (Wildman–Crippen LogP) is 5.18. The van der Waals surface area contributed by atoms with E-state index in [1.807, 2.05) is 71.0 Å². The second-order valence-electron chi connectivity index (χ2n) is 10.4. The number of hydrogen-bond acceptors (Lipinski definition) is 4. The van der Waals surface area contributed by atoms with Crippen molar-refractivity contribution in [3.63, 3.8) is 0 Å². The van der Waals surface area contributed by atoms with Crippen molar-refractivity contribution in [1.29, 1.82) is 0 Å². The SMILES string of the molecule is CC[C@H](C)NC(=O)[C@@H](C)N(CCc1ccccc1)C(=O)CN(c1cccc(C)c1C)S(=O)(=O)c1ccc(C)cc1. The van der Waals surface area contributed by atoms with Crippen LogP contribution in [0.15, 0.2) is 77.7 Å². The standard InChI is InChI=1S/C32H41N3O4S/c1-7-25(4)33-32(37)27(6)34(21-20-28-13-9-8-10-14-28)31(36)22-35(30-15-11-12-24(3)26(30)5)40(38,39)29-18-16-23(2)17-19-29/h8-19,25,27H,7,20-22H2,1-6H3,(H,33,37)/t25-,27+/m0/s1. The molecule has 7 nitrogen and oxygen atoms in total. The molecule has 3 aromatic carbocycles. The summed E-state index contributed by atoms with van der Waals surface area (Å²) in [6.07, 6.45) is 1.29. The number of benzene rings is 3. The molecule has 2 atom stereocenters. The Morgan fingerprint density at radius 2 is 1.52 bits per heavy atom. The van der Waals surface area contributed by atoms with Crippen LogP contribution in [-0.2, 0) is 26.0 Å². The number of rotatable bonds is 12. The molecular formula is C32H41N3O4S. The highest BCUT2D eigenvalue weighted by Gasteiger charge is 2.33. The van der Waals surface area contributed by atoms with Crippen LogP contribution in [0.1, 0.15) is 49.4 Å². The summed E-state index contributed by atoms with van der Waals surface area (Å²) in [5, 5.41) is 2.96. The van der Waals surface area contributed by atoms with Gasteiger partial charge in [0.15, 0.2) is 0 Å². The van der Waals surface area contributed by atoms with Gasteiger partial charge in [0.2, 0.25) is 11.8 Å². The molecule has 40 heavy (non-hydrogen) atoms. The number of hydrogen-bond donors (Lipinski definition) is 1. The van der Waals surface area contributed by atoms with E-state index < -0.39 is 28.5 Å². The van der Waals surface area contributed by atoms with Crippen molar-refractivity contribution in [1.82, 2.24) is 10.2 Å². The second-order valence-corrected chi connectivity index (χ2v) is 12.2. The van der Waals surface area contributed by atoms with Crippen molar-refractivity contribution >= 4 is 27.5 Å². The largest absolute Gasteiger partial charge is 0.352 e. The number of carbonyl (C=O) groups is 2. The fourth-order valence-electron chi connectivity index (χ4n) is 4.39. The van der Waals surface area contributed by atoms with Crippen molar-refractivity contribution in [3.8, 4) is 0 Å². The summed E-state index contributed by atoms with van der Waals surface area (Å²) in [5.41, 5.74) is 4.07. The molecule has 0 aliphatic rings. The van der Waals surface area contributed by atoms with Gasteiger partial charge in [-0.05, 0) is 82.3 Å². The Bertz CT molecular complexity index is 1410. The van der Waals surface area contributed by atoms with Gasteiger partial charge in [0.05, 0.1) is 10.6 Å². The van der Waals surface area contributed by atoms with Crippen LogP contribution in [0.2, 0.25) is 0 Å². The van der Waals surface area contributed by atoms with Gasteiger partial charge in [-0.2, -0.15) is 0 Å². The second kappa shape index (κ2) is 13.6.